The number of imidazole rings is 1. The summed E-state index contributed by atoms with van der Waals surface area (Å²) in [5.74, 6) is 1.01. The molecule has 0 amide bonds. The van der Waals surface area contributed by atoms with Gasteiger partial charge in [-0.2, -0.15) is 26.7 Å². The molecule has 0 saturated heterocycles. The molecule has 0 radical (unpaired) electrons. The smallest absolute Gasteiger partial charge is 0.241 e. The molecule has 0 spiro atoms. The maximum atomic E-state index is 6.01. The second-order valence-electron chi connectivity index (χ2n) is 5.01. The fraction of sp³-hybridized carbons (Fsp3) is 0.538. The summed E-state index contributed by atoms with van der Waals surface area (Å²) in [4.78, 5) is 16.8. The monoisotopic (exact) mass is 324 g/mol. The first-order valence-electron chi connectivity index (χ1n) is 6.95. The van der Waals surface area contributed by atoms with Crippen LogP contribution >= 0.6 is 23.4 Å². The zero-order valence-corrected chi connectivity index (χ0v) is 13.3. The molecule has 2 heterocycles. The fourth-order valence-corrected chi connectivity index (χ4v) is 3.70. The lowest BCUT2D eigenvalue weighted by atomic mass is 9.95. The van der Waals surface area contributed by atoms with Crippen molar-refractivity contribution in [1.29, 1.82) is 0 Å². The Labute approximate surface area is 132 Å². The van der Waals surface area contributed by atoms with Gasteiger partial charge in [-0.3, -0.25) is 4.57 Å². The second-order valence-corrected chi connectivity index (χ2v) is 6.42. The quantitative estimate of drug-likeness (QED) is 0.932. The zero-order chi connectivity index (χ0) is 14.7. The minimum atomic E-state index is 0.188. The van der Waals surface area contributed by atoms with Gasteiger partial charge in [-0.05, 0) is 30.7 Å². The Morgan fingerprint density at radius 1 is 1.29 bits per heavy atom. The summed E-state index contributed by atoms with van der Waals surface area (Å²) >= 11 is 7.91. The topological polar surface area (TPSA) is 68.5 Å². The Bertz CT molecular complexity index is 590. The lowest BCUT2D eigenvalue weighted by Gasteiger charge is -2.30. The number of nitrogens with one attached hydrogen (secondary N) is 1. The lowest BCUT2D eigenvalue weighted by Crippen LogP contribution is -2.35. The zero-order valence-electron chi connectivity index (χ0n) is 11.7. The van der Waals surface area contributed by atoms with Crippen molar-refractivity contribution in [2.24, 2.45) is 0 Å². The van der Waals surface area contributed by atoms with Gasteiger partial charge < -0.3 is 5.32 Å². The Kier molecular flexibility index (Phi) is 4.60. The van der Waals surface area contributed by atoms with E-state index in [0.717, 1.165) is 6.42 Å². The van der Waals surface area contributed by atoms with Gasteiger partial charge in [0, 0.05) is 23.7 Å². The van der Waals surface area contributed by atoms with Gasteiger partial charge in [-0.25, -0.2) is 4.98 Å². The van der Waals surface area contributed by atoms with Crippen molar-refractivity contribution in [3.8, 4) is 5.95 Å². The summed E-state index contributed by atoms with van der Waals surface area (Å²) < 4.78 is 1.71. The van der Waals surface area contributed by atoms with Crippen LogP contribution in [0.15, 0.2) is 18.7 Å². The van der Waals surface area contributed by atoms with Gasteiger partial charge in [0.05, 0.1) is 0 Å². The second kappa shape index (κ2) is 6.62. The van der Waals surface area contributed by atoms with E-state index < -0.39 is 0 Å². The molecule has 2 atom stereocenters. The van der Waals surface area contributed by atoms with Crippen LogP contribution in [0.4, 0.5) is 5.95 Å². The van der Waals surface area contributed by atoms with Gasteiger partial charge in [0.25, 0.3) is 0 Å². The van der Waals surface area contributed by atoms with Crippen molar-refractivity contribution in [2.75, 3.05) is 11.6 Å². The molecule has 2 aromatic heterocycles. The van der Waals surface area contributed by atoms with E-state index in [1.54, 1.807) is 23.3 Å². The summed E-state index contributed by atoms with van der Waals surface area (Å²) in [6.45, 7) is 0. The van der Waals surface area contributed by atoms with Crippen molar-refractivity contribution in [3.63, 3.8) is 0 Å². The normalized spacial score (nSPS) is 22.2. The SMILES string of the molecule is CSC1CCCCC1Nc1nc(Cl)nc(-n2ccnc2)n1. The van der Waals surface area contributed by atoms with E-state index >= 15 is 0 Å². The lowest BCUT2D eigenvalue weighted by molar-refractivity contribution is 0.473. The number of aromatic nitrogens is 5. The van der Waals surface area contributed by atoms with Crippen LogP contribution in [-0.2, 0) is 0 Å². The minimum Gasteiger partial charge on any atom is -0.350 e. The van der Waals surface area contributed by atoms with Crippen LogP contribution in [0.2, 0.25) is 5.28 Å². The van der Waals surface area contributed by atoms with Gasteiger partial charge in [0.15, 0.2) is 0 Å². The standard InChI is InChI=1S/C13H17ClN6S/c1-21-10-5-3-2-4-9(10)16-12-17-11(14)18-13(19-12)20-7-6-15-8-20/h6-10H,2-5H2,1H3,(H,16,17,18,19). The number of thioether (sulfide) groups is 1. The summed E-state index contributed by atoms with van der Waals surface area (Å²) in [6.07, 6.45) is 12.1. The average molecular weight is 325 g/mol. The highest BCUT2D eigenvalue weighted by molar-refractivity contribution is 7.99. The molecule has 112 valence electrons. The van der Waals surface area contributed by atoms with E-state index in [1.165, 1.54) is 19.3 Å². The number of hydrogen-bond acceptors (Lipinski definition) is 6. The molecule has 21 heavy (non-hydrogen) atoms. The molecule has 8 heteroatoms. The fourth-order valence-electron chi connectivity index (χ4n) is 2.61. The minimum absolute atomic E-state index is 0.188. The highest BCUT2D eigenvalue weighted by Gasteiger charge is 2.25. The molecule has 2 aromatic rings. The molecule has 6 nitrogen and oxygen atoms in total. The van der Waals surface area contributed by atoms with Crippen LogP contribution in [0, 0.1) is 0 Å². The van der Waals surface area contributed by atoms with Crippen molar-refractivity contribution < 1.29 is 0 Å². The van der Waals surface area contributed by atoms with Crippen LogP contribution in [0.25, 0.3) is 5.95 Å². The molecule has 0 aromatic carbocycles. The highest BCUT2D eigenvalue weighted by Crippen LogP contribution is 2.29. The highest BCUT2D eigenvalue weighted by atomic mass is 35.5. The molecule has 0 bridgehead atoms. The van der Waals surface area contributed by atoms with Crippen LogP contribution in [0.5, 0.6) is 0 Å². The van der Waals surface area contributed by atoms with Gasteiger partial charge in [-0.15, -0.1) is 0 Å². The summed E-state index contributed by atoms with van der Waals surface area (Å²) in [5.41, 5.74) is 0. The predicted octanol–water partition coefficient (Wildman–Crippen LogP) is 2.80. The van der Waals surface area contributed by atoms with Crippen molar-refractivity contribution in [1.82, 2.24) is 24.5 Å². The first-order chi connectivity index (χ1) is 10.3. The number of halogens is 1. The van der Waals surface area contributed by atoms with Crippen molar-refractivity contribution >= 4 is 29.3 Å². The molecule has 1 aliphatic carbocycles. The Hall–Kier alpha value is -1.34. The Balaban J connectivity index is 1.82. The van der Waals surface area contributed by atoms with Crippen molar-refractivity contribution in [2.45, 2.75) is 37.0 Å². The molecule has 1 N–H and O–H groups in total. The van der Waals surface area contributed by atoms with Gasteiger partial charge in [-0.1, -0.05) is 12.8 Å². The van der Waals surface area contributed by atoms with Gasteiger partial charge >= 0.3 is 0 Å². The van der Waals surface area contributed by atoms with Crippen LogP contribution in [-0.4, -0.2) is 42.1 Å². The molecule has 0 aliphatic heterocycles. The summed E-state index contributed by atoms with van der Waals surface area (Å²) in [5, 5.41) is 4.20. The number of anilines is 1. The van der Waals surface area contributed by atoms with E-state index in [-0.39, 0.29) is 5.28 Å². The van der Waals surface area contributed by atoms with Gasteiger partial charge in [0.1, 0.15) is 6.33 Å². The van der Waals surface area contributed by atoms with E-state index in [1.807, 2.05) is 11.8 Å². The predicted molar refractivity (Wildman–Crippen MR) is 85.1 cm³/mol. The van der Waals surface area contributed by atoms with Crippen LogP contribution in [0.3, 0.4) is 0 Å². The first kappa shape index (κ1) is 14.6. The third-order valence-electron chi connectivity index (χ3n) is 3.65. The molecule has 1 fully saturated rings. The molecule has 1 saturated carbocycles. The number of nitrogens with zero attached hydrogens (tertiary/aromatic N) is 5. The molecule has 2 unspecified atom stereocenters. The van der Waals surface area contributed by atoms with E-state index in [9.17, 15) is 0 Å². The molecular weight excluding hydrogens is 308 g/mol. The molecule has 1 aliphatic rings. The van der Waals surface area contributed by atoms with E-state index in [2.05, 4.69) is 31.5 Å². The molecule has 3 rings (SSSR count). The maximum Gasteiger partial charge on any atom is 0.241 e. The largest absolute Gasteiger partial charge is 0.350 e. The van der Waals surface area contributed by atoms with E-state index in [0.29, 0.717) is 23.2 Å². The number of hydrogen-bond donors (Lipinski definition) is 1. The maximum absolute atomic E-state index is 6.01. The summed E-state index contributed by atoms with van der Waals surface area (Å²) in [7, 11) is 0. The number of rotatable bonds is 4. The first-order valence-corrected chi connectivity index (χ1v) is 8.62. The van der Waals surface area contributed by atoms with Gasteiger partial charge in [0.2, 0.25) is 17.2 Å². The summed E-state index contributed by atoms with van der Waals surface area (Å²) in [6, 6.07) is 0.378. The van der Waals surface area contributed by atoms with Crippen LogP contribution in [0.1, 0.15) is 25.7 Å². The molecular formula is C13H17ClN6S. The Morgan fingerprint density at radius 2 is 2.14 bits per heavy atom. The average Bonchev–Trinajstić information content (AvgIpc) is 3.01. The third-order valence-corrected chi connectivity index (χ3v) is 4.99. The van der Waals surface area contributed by atoms with Crippen LogP contribution < -0.4 is 5.32 Å². The Morgan fingerprint density at radius 3 is 2.90 bits per heavy atom. The van der Waals surface area contributed by atoms with Crippen molar-refractivity contribution in [3.05, 3.63) is 24.0 Å². The third kappa shape index (κ3) is 3.47. The van der Waals surface area contributed by atoms with E-state index in [4.69, 9.17) is 11.6 Å².